The minimum atomic E-state index is 0.186. The van der Waals surface area contributed by atoms with Gasteiger partial charge in [0.05, 0.1) is 17.8 Å². The van der Waals surface area contributed by atoms with Crippen LogP contribution in [-0.2, 0) is 7.05 Å². The van der Waals surface area contributed by atoms with Crippen LogP contribution in [0.3, 0.4) is 0 Å². The Hall–Kier alpha value is -1.79. The Bertz CT molecular complexity index is 595. The third-order valence-corrected chi connectivity index (χ3v) is 3.28. The van der Waals surface area contributed by atoms with Crippen molar-refractivity contribution in [3.8, 4) is 6.07 Å². The summed E-state index contributed by atoms with van der Waals surface area (Å²) in [5.74, 6) is 0.186. The van der Waals surface area contributed by atoms with Gasteiger partial charge in [-0.25, -0.2) is 0 Å². The van der Waals surface area contributed by atoms with Gasteiger partial charge in [0.25, 0.3) is 0 Å². The maximum atomic E-state index is 9.21. The molecule has 0 saturated heterocycles. The average Bonchev–Trinajstić information content (AvgIpc) is 2.78. The van der Waals surface area contributed by atoms with Crippen molar-refractivity contribution >= 4 is 11.6 Å². The molecule has 0 fully saturated rings. The Balaban J connectivity index is 2.49. The summed E-state index contributed by atoms with van der Waals surface area (Å²) in [5.41, 5.74) is 2.77. The van der Waals surface area contributed by atoms with Gasteiger partial charge in [-0.2, -0.15) is 10.4 Å². The van der Waals surface area contributed by atoms with Crippen LogP contribution in [0.15, 0.2) is 30.6 Å². The van der Waals surface area contributed by atoms with E-state index in [1.54, 1.807) is 10.7 Å². The molecule has 18 heavy (non-hydrogen) atoms. The highest BCUT2D eigenvalue weighted by atomic mass is 35.5. The molecule has 4 heteroatoms. The van der Waals surface area contributed by atoms with Gasteiger partial charge in [0.1, 0.15) is 0 Å². The van der Waals surface area contributed by atoms with Crippen molar-refractivity contribution in [2.75, 3.05) is 0 Å². The minimum Gasteiger partial charge on any atom is -0.276 e. The van der Waals surface area contributed by atoms with E-state index in [1.165, 1.54) is 0 Å². The van der Waals surface area contributed by atoms with Crippen molar-refractivity contribution in [3.05, 3.63) is 52.3 Å². The number of aryl methyl sites for hydroxylation is 1. The first-order valence-electron chi connectivity index (χ1n) is 5.83. The van der Waals surface area contributed by atoms with E-state index in [0.717, 1.165) is 17.5 Å². The van der Waals surface area contributed by atoms with Gasteiger partial charge in [-0.1, -0.05) is 24.6 Å². The Morgan fingerprint density at radius 2 is 2.28 bits per heavy atom. The molecule has 0 spiro atoms. The molecule has 0 aliphatic carbocycles. The number of benzene rings is 1. The third-order valence-electron chi connectivity index (χ3n) is 3.05. The molecule has 0 aliphatic rings. The smallest absolute Gasteiger partial charge is 0.0995 e. The van der Waals surface area contributed by atoms with Gasteiger partial charge in [-0.15, -0.1) is 0 Å². The van der Waals surface area contributed by atoms with Gasteiger partial charge in [0.15, 0.2) is 0 Å². The van der Waals surface area contributed by atoms with E-state index in [0.29, 0.717) is 10.6 Å². The number of nitriles is 1. The Morgan fingerprint density at radius 3 is 2.83 bits per heavy atom. The molecule has 0 amide bonds. The molecule has 92 valence electrons. The first kappa shape index (κ1) is 12.7. The predicted octanol–water partition coefficient (Wildman–Crippen LogP) is 3.49. The van der Waals surface area contributed by atoms with Crippen LogP contribution in [0.4, 0.5) is 0 Å². The van der Waals surface area contributed by atoms with Crippen molar-refractivity contribution in [2.24, 2.45) is 7.05 Å². The normalized spacial score (nSPS) is 12.1. The van der Waals surface area contributed by atoms with Crippen LogP contribution in [0.25, 0.3) is 0 Å². The second-order valence-electron chi connectivity index (χ2n) is 4.25. The fourth-order valence-corrected chi connectivity index (χ4v) is 2.36. The fourth-order valence-electron chi connectivity index (χ4n) is 2.18. The second kappa shape index (κ2) is 5.24. The molecule has 0 bridgehead atoms. The Kier molecular flexibility index (Phi) is 3.69. The highest BCUT2D eigenvalue weighted by molar-refractivity contribution is 6.30. The summed E-state index contributed by atoms with van der Waals surface area (Å²) in [4.78, 5) is 0. The van der Waals surface area contributed by atoms with Crippen LogP contribution in [-0.4, -0.2) is 9.78 Å². The van der Waals surface area contributed by atoms with Crippen LogP contribution in [0.2, 0.25) is 5.02 Å². The standard InChI is InChI=1S/C14H14ClN3/c1-3-13(11-8-17-18(2)9-11)14-5-4-12(15)6-10(14)7-16/h4-6,8-9,13H,3H2,1-2H3/t13-/m1/s1. The van der Waals surface area contributed by atoms with Crippen LogP contribution in [0.5, 0.6) is 0 Å². The molecule has 1 atom stereocenters. The number of aromatic nitrogens is 2. The molecule has 0 unspecified atom stereocenters. The molecular formula is C14H14ClN3. The zero-order valence-electron chi connectivity index (χ0n) is 10.4. The van der Waals surface area contributed by atoms with Crippen molar-refractivity contribution in [2.45, 2.75) is 19.3 Å². The molecule has 1 aromatic heterocycles. The van der Waals surface area contributed by atoms with Gasteiger partial charge in [0, 0.05) is 24.2 Å². The van der Waals surface area contributed by atoms with Gasteiger partial charge >= 0.3 is 0 Å². The molecule has 2 aromatic rings. The monoisotopic (exact) mass is 259 g/mol. The van der Waals surface area contributed by atoms with Crippen LogP contribution in [0, 0.1) is 11.3 Å². The topological polar surface area (TPSA) is 41.6 Å². The minimum absolute atomic E-state index is 0.186. The van der Waals surface area contributed by atoms with E-state index >= 15 is 0 Å². The summed E-state index contributed by atoms with van der Waals surface area (Å²) < 4.78 is 1.78. The molecule has 3 nitrogen and oxygen atoms in total. The van der Waals surface area contributed by atoms with E-state index in [9.17, 15) is 5.26 Å². The fraction of sp³-hybridized carbons (Fsp3) is 0.286. The van der Waals surface area contributed by atoms with E-state index in [4.69, 9.17) is 11.6 Å². The van der Waals surface area contributed by atoms with E-state index in [2.05, 4.69) is 18.1 Å². The molecule has 0 radical (unpaired) electrons. The maximum Gasteiger partial charge on any atom is 0.0995 e. The first-order chi connectivity index (χ1) is 8.65. The van der Waals surface area contributed by atoms with Gasteiger partial charge < -0.3 is 0 Å². The van der Waals surface area contributed by atoms with E-state index in [-0.39, 0.29) is 5.92 Å². The van der Waals surface area contributed by atoms with Crippen molar-refractivity contribution in [3.63, 3.8) is 0 Å². The largest absolute Gasteiger partial charge is 0.276 e. The van der Waals surface area contributed by atoms with Crippen LogP contribution < -0.4 is 0 Å². The number of hydrogen-bond donors (Lipinski definition) is 0. The predicted molar refractivity (Wildman–Crippen MR) is 71.5 cm³/mol. The molecule has 1 heterocycles. The van der Waals surface area contributed by atoms with E-state index < -0.39 is 0 Å². The molecular weight excluding hydrogens is 246 g/mol. The summed E-state index contributed by atoms with van der Waals surface area (Å²) in [6, 6.07) is 7.70. The van der Waals surface area contributed by atoms with Crippen molar-refractivity contribution in [1.29, 1.82) is 5.26 Å². The maximum absolute atomic E-state index is 9.21. The lowest BCUT2D eigenvalue weighted by molar-refractivity contribution is 0.755. The molecule has 1 aromatic carbocycles. The number of nitrogens with zero attached hydrogens (tertiary/aromatic N) is 3. The van der Waals surface area contributed by atoms with E-state index in [1.807, 2.05) is 31.6 Å². The Morgan fingerprint density at radius 1 is 1.50 bits per heavy atom. The van der Waals surface area contributed by atoms with Gasteiger partial charge in [-0.3, -0.25) is 4.68 Å². The summed E-state index contributed by atoms with van der Waals surface area (Å²) >= 11 is 5.93. The highest BCUT2D eigenvalue weighted by Crippen LogP contribution is 2.31. The second-order valence-corrected chi connectivity index (χ2v) is 4.69. The lowest BCUT2D eigenvalue weighted by Gasteiger charge is -2.15. The summed E-state index contributed by atoms with van der Waals surface area (Å²) in [6.07, 6.45) is 4.76. The molecule has 0 N–H and O–H groups in total. The van der Waals surface area contributed by atoms with Gasteiger partial charge in [-0.05, 0) is 29.7 Å². The summed E-state index contributed by atoms with van der Waals surface area (Å²) in [7, 11) is 1.89. The third kappa shape index (κ3) is 2.39. The zero-order chi connectivity index (χ0) is 13.1. The summed E-state index contributed by atoms with van der Waals surface area (Å²) in [5, 5.41) is 14.0. The quantitative estimate of drug-likeness (QED) is 0.847. The van der Waals surface area contributed by atoms with Crippen LogP contribution >= 0.6 is 11.6 Å². The summed E-state index contributed by atoms with van der Waals surface area (Å²) in [6.45, 7) is 2.10. The highest BCUT2D eigenvalue weighted by Gasteiger charge is 2.17. The van der Waals surface area contributed by atoms with Crippen molar-refractivity contribution in [1.82, 2.24) is 9.78 Å². The number of hydrogen-bond acceptors (Lipinski definition) is 2. The average molecular weight is 260 g/mol. The zero-order valence-corrected chi connectivity index (χ0v) is 11.1. The van der Waals surface area contributed by atoms with Crippen molar-refractivity contribution < 1.29 is 0 Å². The SMILES string of the molecule is CC[C@H](c1cnn(C)c1)c1ccc(Cl)cc1C#N. The molecule has 0 saturated carbocycles. The lowest BCUT2D eigenvalue weighted by atomic mass is 9.88. The van der Waals surface area contributed by atoms with Crippen LogP contribution in [0.1, 0.15) is 36.0 Å². The molecule has 0 aliphatic heterocycles. The number of halogens is 1. The Labute approximate surface area is 112 Å². The molecule has 2 rings (SSSR count). The van der Waals surface area contributed by atoms with Gasteiger partial charge in [0.2, 0.25) is 0 Å². The number of rotatable bonds is 3. The lowest BCUT2D eigenvalue weighted by Crippen LogP contribution is -2.01. The first-order valence-corrected chi connectivity index (χ1v) is 6.21.